The van der Waals surface area contributed by atoms with Crippen molar-refractivity contribution >= 4 is 5.78 Å². The Morgan fingerprint density at radius 2 is 2.12 bits per heavy atom. The van der Waals surface area contributed by atoms with Crippen molar-refractivity contribution in [3.05, 3.63) is 18.0 Å². The highest BCUT2D eigenvalue weighted by molar-refractivity contribution is 5.90. The van der Waals surface area contributed by atoms with Gasteiger partial charge in [0.2, 0.25) is 0 Å². The van der Waals surface area contributed by atoms with Gasteiger partial charge in [-0.05, 0) is 19.4 Å². The summed E-state index contributed by atoms with van der Waals surface area (Å²) in [6.45, 7) is 3.11. The number of aromatic nitrogens is 2. The zero-order chi connectivity index (χ0) is 13.3. The molecule has 0 aromatic carbocycles. The SMILES string of the molecule is CCn1cc(CC(=O)C(C)(N)C(F)(F)F)cn1. The van der Waals surface area contributed by atoms with Gasteiger partial charge in [0, 0.05) is 19.2 Å². The summed E-state index contributed by atoms with van der Waals surface area (Å²) < 4.78 is 39.0. The van der Waals surface area contributed by atoms with Gasteiger partial charge in [-0.3, -0.25) is 9.48 Å². The van der Waals surface area contributed by atoms with Crippen LogP contribution < -0.4 is 5.73 Å². The van der Waals surface area contributed by atoms with Gasteiger partial charge in [0.15, 0.2) is 11.3 Å². The summed E-state index contributed by atoms with van der Waals surface area (Å²) in [5, 5.41) is 3.87. The fraction of sp³-hybridized carbons (Fsp3) is 0.600. The normalized spacial score (nSPS) is 15.6. The number of carbonyl (C=O) groups is 1. The standard InChI is InChI=1S/C10H14F3N3O/c1-3-16-6-7(5-15-16)4-8(17)9(2,14)10(11,12)13/h5-6H,3-4,14H2,1-2H3. The van der Waals surface area contributed by atoms with E-state index in [-0.39, 0.29) is 6.42 Å². The predicted octanol–water partition coefficient (Wildman–Crippen LogP) is 1.29. The summed E-state index contributed by atoms with van der Waals surface area (Å²) in [5.41, 5.74) is 2.63. The van der Waals surface area contributed by atoms with Gasteiger partial charge in [0.25, 0.3) is 0 Å². The van der Waals surface area contributed by atoms with E-state index < -0.39 is 17.5 Å². The van der Waals surface area contributed by atoms with E-state index in [1.165, 1.54) is 17.1 Å². The van der Waals surface area contributed by atoms with Crippen LogP contribution in [-0.4, -0.2) is 27.3 Å². The van der Waals surface area contributed by atoms with E-state index in [9.17, 15) is 18.0 Å². The molecule has 0 aliphatic carbocycles. The molecule has 0 spiro atoms. The summed E-state index contributed by atoms with van der Waals surface area (Å²) in [6, 6.07) is 0. The fourth-order valence-corrected chi connectivity index (χ4v) is 1.20. The Hall–Kier alpha value is -1.37. The number of hydrogen-bond donors (Lipinski definition) is 1. The maximum atomic E-state index is 12.5. The number of aryl methyl sites for hydroxylation is 1. The lowest BCUT2D eigenvalue weighted by Gasteiger charge is -2.25. The maximum Gasteiger partial charge on any atom is 0.413 e. The first-order valence-electron chi connectivity index (χ1n) is 5.08. The number of rotatable bonds is 4. The van der Waals surface area contributed by atoms with Gasteiger partial charge in [-0.25, -0.2) is 0 Å². The third kappa shape index (κ3) is 2.85. The molecule has 2 N–H and O–H groups in total. The van der Waals surface area contributed by atoms with Gasteiger partial charge in [0.05, 0.1) is 6.20 Å². The van der Waals surface area contributed by atoms with E-state index in [1.807, 2.05) is 6.92 Å². The van der Waals surface area contributed by atoms with Crippen LogP contribution in [0.3, 0.4) is 0 Å². The van der Waals surface area contributed by atoms with Crippen molar-refractivity contribution < 1.29 is 18.0 Å². The van der Waals surface area contributed by atoms with Gasteiger partial charge in [-0.15, -0.1) is 0 Å². The van der Waals surface area contributed by atoms with Crippen LogP contribution in [0.25, 0.3) is 0 Å². The summed E-state index contributed by atoms with van der Waals surface area (Å²) in [4.78, 5) is 11.5. The van der Waals surface area contributed by atoms with Crippen molar-refractivity contribution in [3.63, 3.8) is 0 Å². The van der Waals surface area contributed by atoms with Crippen molar-refractivity contribution in [2.75, 3.05) is 0 Å². The molecule has 1 aromatic heterocycles. The lowest BCUT2D eigenvalue weighted by Crippen LogP contribution is -2.57. The maximum absolute atomic E-state index is 12.5. The third-order valence-corrected chi connectivity index (χ3v) is 2.54. The van der Waals surface area contributed by atoms with Crippen LogP contribution in [0.15, 0.2) is 12.4 Å². The van der Waals surface area contributed by atoms with Gasteiger partial charge >= 0.3 is 6.18 Å². The molecule has 7 heteroatoms. The van der Waals surface area contributed by atoms with Crippen molar-refractivity contribution in [3.8, 4) is 0 Å². The Kier molecular flexibility index (Phi) is 3.61. The number of carbonyl (C=O) groups excluding carboxylic acids is 1. The average Bonchev–Trinajstić information content (AvgIpc) is 2.63. The highest BCUT2D eigenvalue weighted by atomic mass is 19.4. The Morgan fingerprint density at radius 3 is 2.53 bits per heavy atom. The molecule has 0 fully saturated rings. The summed E-state index contributed by atoms with van der Waals surface area (Å²) in [6.07, 6.45) is -2.21. The molecule has 1 atom stereocenters. The molecule has 4 nitrogen and oxygen atoms in total. The minimum absolute atomic E-state index is 0.369. The molecular formula is C10H14F3N3O. The number of alkyl halides is 3. The predicted molar refractivity (Wildman–Crippen MR) is 55.3 cm³/mol. The molecule has 0 bridgehead atoms. The Bertz CT molecular complexity index is 409. The number of nitrogens with two attached hydrogens (primary N) is 1. The number of nitrogens with zero attached hydrogens (tertiary/aromatic N) is 2. The lowest BCUT2D eigenvalue weighted by molar-refractivity contribution is -0.185. The Labute approximate surface area is 96.6 Å². The average molecular weight is 249 g/mol. The summed E-state index contributed by atoms with van der Waals surface area (Å²) >= 11 is 0. The van der Waals surface area contributed by atoms with Crippen LogP contribution >= 0.6 is 0 Å². The molecule has 1 aromatic rings. The zero-order valence-corrected chi connectivity index (χ0v) is 9.58. The topological polar surface area (TPSA) is 60.9 Å². The zero-order valence-electron chi connectivity index (χ0n) is 9.58. The van der Waals surface area contributed by atoms with Crippen molar-refractivity contribution in [1.82, 2.24) is 9.78 Å². The summed E-state index contributed by atoms with van der Waals surface area (Å²) in [7, 11) is 0. The Balaban J connectivity index is 2.79. The molecule has 0 aliphatic heterocycles. The molecule has 1 unspecified atom stereocenters. The summed E-state index contributed by atoms with van der Waals surface area (Å²) in [5.74, 6) is -1.07. The fourth-order valence-electron chi connectivity index (χ4n) is 1.20. The number of halogens is 3. The van der Waals surface area contributed by atoms with Crippen LogP contribution in [0.5, 0.6) is 0 Å². The highest BCUT2D eigenvalue weighted by Gasteiger charge is 2.53. The largest absolute Gasteiger partial charge is 0.413 e. The quantitative estimate of drug-likeness (QED) is 0.874. The highest BCUT2D eigenvalue weighted by Crippen LogP contribution is 2.29. The van der Waals surface area contributed by atoms with Crippen LogP contribution in [-0.2, 0) is 17.8 Å². The van der Waals surface area contributed by atoms with Crippen LogP contribution in [0, 0.1) is 0 Å². The smallest absolute Gasteiger partial charge is 0.312 e. The second-order valence-corrected chi connectivity index (χ2v) is 4.00. The first-order chi connectivity index (χ1) is 7.68. The molecule has 96 valence electrons. The van der Waals surface area contributed by atoms with Gasteiger partial charge in [0.1, 0.15) is 0 Å². The molecule has 0 radical (unpaired) electrons. The van der Waals surface area contributed by atoms with Crippen molar-refractivity contribution in [2.45, 2.75) is 38.5 Å². The molecule has 0 amide bonds. The molecule has 1 heterocycles. The first kappa shape index (κ1) is 13.7. The minimum atomic E-state index is -4.75. The van der Waals surface area contributed by atoms with E-state index in [0.717, 1.165) is 0 Å². The van der Waals surface area contributed by atoms with E-state index in [4.69, 9.17) is 5.73 Å². The van der Waals surface area contributed by atoms with E-state index in [1.54, 1.807) is 0 Å². The van der Waals surface area contributed by atoms with Crippen molar-refractivity contribution in [1.29, 1.82) is 0 Å². The Morgan fingerprint density at radius 1 is 1.53 bits per heavy atom. The van der Waals surface area contributed by atoms with E-state index >= 15 is 0 Å². The van der Waals surface area contributed by atoms with Crippen LogP contribution in [0.4, 0.5) is 13.2 Å². The van der Waals surface area contributed by atoms with E-state index in [0.29, 0.717) is 19.0 Å². The third-order valence-electron chi connectivity index (χ3n) is 2.54. The van der Waals surface area contributed by atoms with Gasteiger partial charge in [-0.1, -0.05) is 0 Å². The second kappa shape index (κ2) is 4.48. The number of ketones is 1. The molecule has 17 heavy (non-hydrogen) atoms. The molecule has 0 saturated heterocycles. The van der Waals surface area contributed by atoms with Crippen LogP contribution in [0.1, 0.15) is 19.4 Å². The van der Waals surface area contributed by atoms with Gasteiger partial charge < -0.3 is 5.73 Å². The molecular weight excluding hydrogens is 235 g/mol. The molecule has 0 saturated carbocycles. The van der Waals surface area contributed by atoms with Crippen LogP contribution in [0.2, 0.25) is 0 Å². The number of Topliss-reactive ketones (excluding diaryl/α,β-unsaturated/α-hetero) is 1. The van der Waals surface area contributed by atoms with Gasteiger partial charge in [-0.2, -0.15) is 18.3 Å². The van der Waals surface area contributed by atoms with E-state index in [2.05, 4.69) is 5.10 Å². The molecule has 0 aliphatic rings. The first-order valence-corrected chi connectivity index (χ1v) is 5.08. The van der Waals surface area contributed by atoms with Crippen molar-refractivity contribution in [2.24, 2.45) is 5.73 Å². The molecule has 1 rings (SSSR count). The monoisotopic (exact) mass is 249 g/mol. The number of hydrogen-bond acceptors (Lipinski definition) is 3. The minimum Gasteiger partial charge on any atom is -0.312 e. The second-order valence-electron chi connectivity index (χ2n) is 4.00. The lowest BCUT2D eigenvalue weighted by atomic mass is 9.93.